The maximum Gasteiger partial charge on any atom is 0.246 e. The first kappa shape index (κ1) is 18.1. The summed E-state index contributed by atoms with van der Waals surface area (Å²) in [5.41, 5.74) is 4.31. The van der Waals surface area contributed by atoms with E-state index in [4.69, 9.17) is 0 Å². The van der Waals surface area contributed by atoms with Crippen molar-refractivity contribution in [3.05, 3.63) is 89.5 Å². The quantitative estimate of drug-likeness (QED) is 0.727. The van der Waals surface area contributed by atoms with Crippen LogP contribution in [0.2, 0.25) is 0 Å². The van der Waals surface area contributed by atoms with Crippen LogP contribution >= 0.6 is 0 Å². The number of carbonyl (C=O) groups is 1. The summed E-state index contributed by atoms with van der Waals surface area (Å²) in [5, 5.41) is 3.39. The molecule has 2 aliphatic rings. The molecule has 1 saturated heterocycles. The number of rotatable bonds is 3. The van der Waals surface area contributed by atoms with Gasteiger partial charge in [-0.15, -0.1) is 0 Å². The van der Waals surface area contributed by atoms with Crippen LogP contribution in [0.4, 0.5) is 0 Å². The molecule has 0 spiro atoms. The Balaban J connectivity index is 1.50. The zero-order valence-electron chi connectivity index (χ0n) is 16.5. The number of fused-ring (bicyclic) bond motifs is 1. The fraction of sp³-hybridized carbons (Fsp3) is 0.333. The lowest BCUT2D eigenvalue weighted by Crippen LogP contribution is -2.52. The molecule has 3 aromatic rings. The number of carbonyl (C=O) groups excluding carboxylic acids is 1. The van der Waals surface area contributed by atoms with E-state index in [1.807, 2.05) is 4.90 Å². The molecule has 1 fully saturated rings. The standard InChI is InChI=1S/C24H26N4O/c29-23(22-21-20(12-14-25-22)26-17-27-21)28-15-7-13-24(16-28,18-8-3-1-4-9-18)19-10-5-2-6-11-19/h1-6,8-11,17,22,25H,7,12-16H2,(H,26,27). The summed E-state index contributed by atoms with van der Waals surface area (Å²) in [6.07, 6.45) is 4.61. The lowest BCUT2D eigenvalue weighted by atomic mass is 9.69. The molecule has 2 N–H and O–H groups in total. The average molecular weight is 386 g/mol. The fourth-order valence-electron chi connectivity index (χ4n) is 5.00. The monoisotopic (exact) mass is 386 g/mol. The molecule has 0 bridgehead atoms. The highest BCUT2D eigenvalue weighted by atomic mass is 16.2. The summed E-state index contributed by atoms with van der Waals surface area (Å²) in [6.45, 7) is 2.28. The smallest absolute Gasteiger partial charge is 0.246 e. The Morgan fingerprint density at radius 3 is 2.41 bits per heavy atom. The molecule has 2 aliphatic heterocycles. The van der Waals surface area contributed by atoms with Crippen LogP contribution in [0.15, 0.2) is 67.0 Å². The number of aromatic nitrogens is 2. The molecule has 5 heteroatoms. The molecule has 5 nitrogen and oxygen atoms in total. The SMILES string of the molecule is O=C(C1NCCc2[nH]cnc21)N1CCCC(c2ccccc2)(c2ccccc2)C1. The second kappa shape index (κ2) is 7.48. The van der Waals surface area contributed by atoms with Gasteiger partial charge in [0, 0.05) is 37.2 Å². The number of piperidine rings is 1. The molecule has 1 unspecified atom stereocenters. The van der Waals surface area contributed by atoms with E-state index in [-0.39, 0.29) is 17.4 Å². The topological polar surface area (TPSA) is 61.0 Å². The summed E-state index contributed by atoms with van der Waals surface area (Å²) < 4.78 is 0. The maximum absolute atomic E-state index is 13.6. The van der Waals surface area contributed by atoms with Gasteiger partial charge in [0.2, 0.25) is 5.91 Å². The summed E-state index contributed by atoms with van der Waals surface area (Å²) in [6, 6.07) is 20.9. The van der Waals surface area contributed by atoms with Crippen LogP contribution in [0, 0.1) is 0 Å². The normalized spacial score (nSPS) is 20.8. The average Bonchev–Trinajstić information content (AvgIpc) is 3.29. The fourth-order valence-corrected chi connectivity index (χ4v) is 5.00. The molecule has 2 aromatic carbocycles. The highest BCUT2D eigenvalue weighted by molar-refractivity contribution is 5.83. The minimum Gasteiger partial charge on any atom is -0.348 e. The van der Waals surface area contributed by atoms with E-state index in [2.05, 4.69) is 75.9 Å². The van der Waals surface area contributed by atoms with E-state index < -0.39 is 0 Å². The van der Waals surface area contributed by atoms with Crippen molar-refractivity contribution in [1.82, 2.24) is 20.2 Å². The van der Waals surface area contributed by atoms with Crippen LogP contribution < -0.4 is 5.32 Å². The molecule has 3 heterocycles. The van der Waals surface area contributed by atoms with E-state index in [0.717, 1.165) is 43.7 Å². The van der Waals surface area contributed by atoms with Crippen LogP contribution in [0.5, 0.6) is 0 Å². The van der Waals surface area contributed by atoms with E-state index in [0.29, 0.717) is 6.54 Å². The molecule has 148 valence electrons. The van der Waals surface area contributed by atoms with Gasteiger partial charge in [-0.05, 0) is 24.0 Å². The van der Waals surface area contributed by atoms with E-state index in [1.165, 1.54) is 11.1 Å². The Morgan fingerprint density at radius 2 is 1.72 bits per heavy atom. The minimum absolute atomic E-state index is 0.133. The molecule has 0 radical (unpaired) electrons. The summed E-state index contributed by atoms with van der Waals surface area (Å²) in [5.74, 6) is 0.133. The van der Waals surface area contributed by atoms with Crippen molar-refractivity contribution >= 4 is 5.91 Å². The third-order valence-corrected chi connectivity index (χ3v) is 6.45. The largest absolute Gasteiger partial charge is 0.348 e. The lowest BCUT2D eigenvalue weighted by Gasteiger charge is -2.45. The number of nitrogens with zero attached hydrogens (tertiary/aromatic N) is 2. The Kier molecular flexibility index (Phi) is 4.68. The van der Waals surface area contributed by atoms with E-state index in [1.54, 1.807) is 6.33 Å². The number of nitrogens with one attached hydrogen (secondary N) is 2. The van der Waals surface area contributed by atoms with Crippen molar-refractivity contribution < 1.29 is 4.79 Å². The molecule has 0 saturated carbocycles. The van der Waals surface area contributed by atoms with Crippen molar-refractivity contribution in [2.45, 2.75) is 30.7 Å². The highest BCUT2D eigenvalue weighted by Crippen LogP contribution is 2.41. The van der Waals surface area contributed by atoms with Crippen molar-refractivity contribution in [1.29, 1.82) is 0 Å². The van der Waals surface area contributed by atoms with E-state index >= 15 is 0 Å². The Bertz CT molecular complexity index is 943. The van der Waals surface area contributed by atoms with E-state index in [9.17, 15) is 4.79 Å². The second-order valence-electron chi connectivity index (χ2n) is 8.08. The Morgan fingerprint density at radius 1 is 1.03 bits per heavy atom. The van der Waals surface area contributed by atoms with Gasteiger partial charge in [0.15, 0.2) is 0 Å². The first-order valence-corrected chi connectivity index (χ1v) is 10.4. The number of hydrogen-bond acceptors (Lipinski definition) is 3. The van der Waals surface area contributed by atoms with Crippen molar-refractivity contribution in [2.24, 2.45) is 0 Å². The van der Waals surface area contributed by atoms with Crippen molar-refractivity contribution in [3.63, 3.8) is 0 Å². The zero-order valence-corrected chi connectivity index (χ0v) is 16.5. The zero-order chi connectivity index (χ0) is 19.7. The number of likely N-dealkylation sites (tertiary alicyclic amines) is 1. The molecule has 0 aliphatic carbocycles. The maximum atomic E-state index is 13.6. The predicted octanol–water partition coefficient (Wildman–Crippen LogP) is 3.21. The number of imidazole rings is 1. The van der Waals surface area contributed by atoms with Gasteiger partial charge in [0.05, 0.1) is 12.0 Å². The Labute approximate surface area is 171 Å². The summed E-state index contributed by atoms with van der Waals surface area (Å²) in [7, 11) is 0. The van der Waals surface area contributed by atoms with Gasteiger partial charge in [-0.25, -0.2) is 4.98 Å². The van der Waals surface area contributed by atoms with Crippen molar-refractivity contribution in [3.8, 4) is 0 Å². The lowest BCUT2D eigenvalue weighted by molar-refractivity contribution is -0.135. The van der Waals surface area contributed by atoms with Gasteiger partial charge < -0.3 is 15.2 Å². The van der Waals surface area contributed by atoms with Gasteiger partial charge >= 0.3 is 0 Å². The van der Waals surface area contributed by atoms with Crippen LogP contribution in [-0.2, 0) is 16.6 Å². The molecule has 1 amide bonds. The molecule has 1 aromatic heterocycles. The summed E-state index contributed by atoms with van der Waals surface area (Å²) >= 11 is 0. The number of aromatic amines is 1. The van der Waals surface area contributed by atoms with Gasteiger partial charge in [-0.3, -0.25) is 4.79 Å². The first-order chi connectivity index (χ1) is 14.3. The van der Waals surface area contributed by atoms with Gasteiger partial charge in [-0.1, -0.05) is 60.7 Å². The summed E-state index contributed by atoms with van der Waals surface area (Å²) in [4.78, 5) is 23.3. The first-order valence-electron chi connectivity index (χ1n) is 10.4. The minimum atomic E-state index is -0.354. The molecular formula is C24H26N4O. The van der Waals surface area contributed by atoms with Crippen LogP contribution in [0.3, 0.4) is 0 Å². The molecular weight excluding hydrogens is 360 g/mol. The van der Waals surface area contributed by atoms with Crippen LogP contribution in [0.1, 0.15) is 41.4 Å². The van der Waals surface area contributed by atoms with Crippen LogP contribution in [-0.4, -0.2) is 40.4 Å². The Hall–Kier alpha value is -2.92. The number of amides is 1. The molecule has 29 heavy (non-hydrogen) atoms. The third-order valence-electron chi connectivity index (χ3n) is 6.45. The predicted molar refractivity (Wildman–Crippen MR) is 113 cm³/mol. The number of H-pyrrole nitrogens is 1. The third kappa shape index (κ3) is 3.15. The highest BCUT2D eigenvalue weighted by Gasteiger charge is 2.42. The van der Waals surface area contributed by atoms with Gasteiger partial charge in [-0.2, -0.15) is 0 Å². The van der Waals surface area contributed by atoms with Gasteiger partial charge in [0.25, 0.3) is 0 Å². The van der Waals surface area contributed by atoms with Gasteiger partial charge in [0.1, 0.15) is 6.04 Å². The molecule has 1 atom stereocenters. The number of hydrogen-bond donors (Lipinski definition) is 2. The number of benzene rings is 2. The second-order valence-corrected chi connectivity index (χ2v) is 8.08. The van der Waals surface area contributed by atoms with Crippen molar-refractivity contribution in [2.75, 3.05) is 19.6 Å². The molecule has 5 rings (SSSR count). The van der Waals surface area contributed by atoms with Crippen LogP contribution in [0.25, 0.3) is 0 Å².